The molecule has 1 atom stereocenters. The minimum absolute atomic E-state index is 0.138. The van der Waals surface area contributed by atoms with Crippen molar-refractivity contribution in [1.29, 1.82) is 0 Å². The topological polar surface area (TPSA) is 55.1 Å². The van der Waals surface area contributed by atoms with Crippen LogP contribution in [0.1, 0.15) is 26.2 Å². The second-order valence-electron chi connectivity index (χ2n) is 3.86. The van der Waals surface area contributed by atoms with E-state index < -0.39 is 6.04 Å². The molecule has 1 aromatic carbocycles. The zero-order chi connectivity index (χ0) is 12.8. The summed E-state index contributed by atoms with van der Waals surface area (Å²) in [5.41, 5.74) is 6.54. The molecule has 0 aromatic heterocycles. The Morgan fingerprint density at radius 2 is 2.18 bits per heavy atom. The van der Waals surface area contributed by atoms with Gasteiger partial charge in [-0.25, -0.2) is 0 Å². The largest absolute Gasteiger partial charge is 0.324 e. The molecule has 0 saturated heterocycles. The Hall–Kier alpha value is -0.390. The van der Waals surface area contributed by atoms with Crippen LogP contribution in [-0.4, -0.2) is 11.9 Å². The van der Waals surface area contributed by atoms with Gasteiger partial charge in [0.05, 0.1) is 11.7 Å². The molecule has 0 aliphatic heterocycles. The highest BCUT2D eigenvalue weighted by Crippen LogP contribution is 2.26. The summed E-state index contributed by atoms with van der Waals surface area (Å²) < 4.78 is 1.79. The molecule has 3 nitrogen and oxygen atoms in total. The number of anilines is 1. The van der Waals surface area contributed by atoms with Gasteiger partial charge in [0.2, 0.25) is 5.91 Å². The van der Waals surface area contributed by atoms with Crippen LogP contribution in [0.25, 0.3) is 0 Å². The summed E-state index contributed by atoms with van der Waals surface area (Å²) in [6.07, 6.45) is 2.73. The number of rotatable bonds is 5. The number of carbonyl (C=O) groups is 1. The lowest BCUT2D eigenvalue weighted by molar-refractivity contribution is -0.117. The van der Waals surface area contributed by atoms with Crippen LogP contribution in [0.4, 0.5) is 5.69 Å². The van der Waals surface area contributed by atoms with Gasteiger partial charge in [-0.15, -0.1) is 0 Å². The summed E-state index contributed by atoms with van der Waals surface area (Å²) in [6, 6.07) is 5.15. The van der Waals surface area contributed by atoms with Crippen molar-refractivity contribution >= 4 is 43.5 Å². The number of amides is 1. The fourth-order valence-electron chi connectivity index (χ4n) is 1.37. The highest BCUT2D eigenvalue weighted by molar-refractivity contribution is 9.11. The Morgan fingerprint density at radius 1 is 1.47 bits per heavy atom. The number of hydrogen-bond acceptors (Lipinski definition) is 2. The van der Waals surface area contributed by atoms with Crippen LogP contribution in [0, 0.1) is 0 Å². The Balaban J connectivity index is 2.61. The molecule has 1 rings (SSSR count). The smallest absolute Gasteiger partial charge is 0.241 e. The molecule has 0 saturated carbocycles. The van der Waals surface area contributed by atoms with Crippen LogP contribution in [0.2, 0.25) is 0 Å². The molecule has 0 bridgehead atoms. The average molecular weight is 364 g/mol. The first-order valence-corrected chi connectivity index (χ1v) is 7.14. The molecule has 0 aliphatic carbocycles. The van der Waals surface area contributed by atoms with E-state index >= 15 is 0 Å². The van der Waals surface area contributed by atoms with Gasteiger partial charge in [-0.1, -0.05) is 35.7 Å². The fourth-order valence-corrected chi connectivity index (χ4v) is 2.52. The van der Waals surface area contributed by atoms with Crippen molar-refractivity contribution < 1.29 is 4.79 Å². The first-order valence-electron chi connectivity index (χ1n) is 5.56. The second kappa shape index (κ2) is 7.13. The predicted octanol–water partition coefficient (Wildman–Crippen LogP) is 3.67. The van der Waals surface area contributed by atoms with E-state index in [0.29, 0.717) is 0 Å². The van der Waals surface area contributed by atoms with Crippen molar-refractivity contribution in [1.82, 2.24) is 0 Å². The standard InChI is InChI=1S/C12H16Br2N2O/c1-2-3-4-10(15)12(17)16-11-6-5-8(13)7-9(11)14/h5-7,10H,2-4,15H2,1H3,(H,16,17)/t10-/m0/s1. The third-order valence-corrected chi connectivity index (χ3v) is 3.54. The molecule has 0 unspecified atom stereocenters. The van der Waals surface area contributed by atoms with E-state index in [0.717, 1.165) is 33.9 Å². The number of halogens is 2. The average Bonchev–Trinajstić information content (AvgIpc) is 2.29. The third-order valence-electron chi connectivity index (χ3n) is 2.39. The number of nitrogens with one attached hydrogen (secondary N) is 1. The van der Waals surface area contributed by atoms with E-state index in [2.05, 4.69) is 44.1 Å². The van der Waals surface area contributed by atoms with Gasteiger partial charge in [0.1, 0.15) is 0 Å². The van der Waals surface area contributed by atoms with E-state index in [-0.39, 0.29) is 5.91 Å². The molecule has 1 aromatic rings. The van der Waals surface area contributed by atoms with Gasteiger partial charge in [-0.2, -0.15) is 0 Å². The molecule has 0 spiro atoms. The van der Waals surface area contributed by atoms with Crippen LogP contribution in [-0.2, 0) is 4.79 Å². The van der Waals surface area contributed by atoms with Crippen molar-refractivity contribution in [2.75, 3.05) is 5.32 Å². The monoisotopic (exact) mass is 362 g/mol. The first kappa shape index (κ1) is 14.7. The van der Waals surface area contributed by atoms with Gasteiger partial charge in [0.25, 0.3) is 0 Å². The lowest BCUT2D eigenvalue weighted by atomic mass is 10.1. The molecule has 0 aliphatic rings. The van der Waals surface area contributed by atoms with Crippen LogP contribution < -0.4 is 11.1 Å². The van der Waals surface area contributed by atoms with Crippen LogP contribution in [0.5, 0.6) is 0 Å². The summed E-state index contributed by atoms with van der Waals surface area (Å²) in [5, 5.41) is 2.81. The van der Waals surface area contributed by atoms with Crippen LogP contribution in [0.3, 0.4) is 0 Å². The maximum atomic E-state index is 11.8. The Bertz CT molecular complexity index is 396. The number of carbonyl (C=O) groups excluding carboxylic acids is 1. The molecule has 17 heavy (non-hydrogen) atoms. The minimum atomic E-state index is -0.439. The molecule has 0 fully saturated rings. The summed E-state index contributed by atoms with van der Waals surface area (Å²) in [5.74, 6) is -0.138. The number of benzene rings is 1. The van der Waals surface area contributed by atoms with E-state index in [1.807, 2.05) is 18.2 Å². The fraction of sp³-hybridized carbons (Fsp3) is 0.417. The quantitative estimate of drug-likeness (QED) is 0.838. The predicted molar refractivity (Wildman–Crippen MR) is 78.0 cm³/mol. The summed E-state index contributed by atoms with van der Waals surface area (Å²) in [7, 11) is 0. The van der Waals surface area contributed by atoms with Crippen LogP contribution in [0.15, 0.2) is 27.1 Å². The number of hydrogen-bond donors (Lipinski definition) is 2. The molecule has 0 heterocycles. The number of nitrogens with two attached hydrogens (primary N) is 1. The molecule has 0 radical (unpaired) electrons. The molecular weight excluding hydrogens is 348 g/mol. The van der Waals surface area contributed by atoms with Gasteiger partial charge in [0.15, 0.2) is 0 Å². The Morgan fingerprint density at radius 3 is 2.76 bits per heavy atom. The molecule has 3 N–H and O–H groups in total. The van der Waals surface area contributed by atoms with Gasteiger partial charge >= 0.3 is 0 Å². The summed E-state index contributed by atoms with van der Waals surface area (Å²) in [6.45, 7) is 2.08. The van der Waals surface area contributed by atoms with Gasteiger partial charge in [-0.3, -0.25) is 4.79 Å². The Kier molecular flexibility index (Phi) is 6.16. The zero-order valence-corrected chi connectivity index (χ0v) is 12.8. The normalized spacial score (nSPS) is 12.2. The van der Waals surface area contributed by atoms with Crippen LogP contribution >= 0.6 is 31.9 Å². The van der Waals surface area contributed by atoms with Gasteiger partial charge < -0.3 is 11.1 Å². The van der Waals surface area contributed by atoms with Crippen molar-refractivity contribution in [3.05, 3.63) is 27.1 Å². The highest BCUT2D eigenvalue weighted by atomic mass is 79.9. The van der Waals surface area contributed by atoms with E-state index in [1.165, 1.54) is 0 Å². The maximum absolute atomic E-state index is 11.8. The lowest BCUT2D eigenvalue weighted by Crippen LogP contribution is -2.35. The second-order valence-corrected chi connectivity index (χ2v) is 5.63. The zero-order valence-electron chi connectivity index (χ0n) is 9.67. The van der Waals surface area contributed by atoms with Gasteiger partial charge in [-0.05, 0) is 40.5 Å². The van der Waals surface area contributed by atoms with Crippen molar-refractivity contribution in [3.8, 4) is 0 Å². The minimum Gasteiger partial charge on any atom is -0.324 e. The maximum Gasteiger partial charge on any atom is 0.241 e. The summed E-state index contributed by atoms with van der Waals surface area (Å²) in [4.78, 5) is 11.8. The van der Waals surface area contributed by atoms with E-state index in [1.54, 1.807) is 0 Å². The molecular formula is C12H16Br2N2O. The Labute approximate surface area is 118 Å². The van der Waals surface area contributed by atoms with Crippen molar-refractivity contribution in [2.24, 2.45) is 5.73 Å². The van der Waals surface area contributed by atoms with Gasteiger partial charge in [0, 0.05) is 8.95 Å². The van der Waals surface area contributed by atoms with E-state index in [9.17, 15) is 4.79 Å². The molecule has 5 heteroatoms. The molecule has 94 valence electrons. The third kappa shape index (κ3) is 4.77. The lowest BCUT2D eigenvalue weighted by Gasteiger charge is -2.13. The first-order chi connectivity index (χ1) is 8.04. The summed E-state index contributed by atoms with van der Waals surface area (Å²) >= 11 is 6.75. The van der Waals surface area contributed by atoms with Crippen molar-refractivity contribution in [3.63, 3.8) is 0 Å². The molecule has 1 amide bonds. The van der Waals surface area contributed by atoms with E-state index in [4.69, 9.17) is 5.73 Å². The van der Waals surface area contributed by atoms with Crippen molar-refractivity contribution in [2.45, 2.75) is 32.2 Å². The SMILES string of the molecule is CCCC[C@H](N)C(=O)Nc1ccc(Br)cc1Br. The highest BCUT2D eigenvalue weighted by Gasteiger charge is 2.13. The number of unbranched alkanes of at least 4 members (excludes halogenated alkanes) is 1.